The van der Waals surface area contributed by atoms with Gasteiger partial charge in [-0.25, -0.2) is 9.48 Å². The van der Waals surface area contributed by atoms with Crippen molar-refractivity contribution in [3.05, 3.63) is 65.2 Å². The maximum absolute atomic E-state index is 12.6. The first kappa shape index (κ1) is 19.7. The third-order valence-corrected chi connectivity index (χ3v) is 5.04. The van der Waals surface area contributed by atoms with E-state index in [2.05, 4.69) is 20.6 Å². The first-order valence-electron chi connectivity index (χ1n) is 9.58. The van der Waals surface area contributed by atoms with Gasteiger partial charge in [0.2, 0.25) is 0 Å². The maximum Gasteiger partial charge on any atom is 0.317 e. The van der Waals surface area contributed by atoms with E-state index in [4.69, 9.17) is 0 Å². The molecule has 0 saturated heterocycles. The van der Waals surface area contributed by atoms with Gasteiger partial charge in [0.05, 0.1) is 17.4 Å². The molecule has 7 nitrogen and oxygen atoms in total. The Bertz CT molecular complexity index is 895. The van der Waals surface area contributed by atoms with Crippen LogP contribution in [0.4, 0.5) is 4.79 Å². The van der Waals surface area contributed by atoms with E-state index in [0.717, 1.165) is 35.5 Å². The highest BCUT2D eigenvalue weighted by molar-refractivity contribution is 5.74. The first-order chi connectivity index (χ1) is 13.5. The number of amides is 2. The Morgan fingerprint density at radius 1 is 1.29 bits per heavy atom. The van der Waals surface area contributed by atoms with Crippen molar-refractivity contribution in [1.82, 2.24) is 30.2 Å². The summed E-state index contributed by atoms with van der Waals surface area (Å²) in [6, 6.07) is 9.65. The zero-order valence-corrected chi connectivity index (χ0v) is 16.9. The molecule has 0 bridgehead atoms. The predicted molar refractivity (Wildman–Crippen MR) is 110 cm³/mol. The van der Waals surface area contributed by atoms with E-state index in [-0.39, 0.29) is 12.1 Å². The van der Waals surface area contributed by atoms with Gasteiger partial charge in [-0.2, -0.15) is 10.2 Å². The molecule has 0 spiro atoms. The fraction of sp³-hybridized carbons (Fsp3) is 0.381. The molecule has 0 saturated carbocycles. The lowest BCUT2D eigenvalue weighted by atomic mass is 10.1. The van der Waals surface area contributed by atoms with E-state index < -0.39 is 0 Å². The van der Waals surface area contributed by atoms with Crippen molar-refractivity contribution in [1.29, 1.82) is 0 Å². The number of hydrogen-bond acceptors (Lipinski definition) is 3. The smallest absolute Gasteiger partial charge is 0.317 e. The average molecular weight is 380 g/mol. The Morgan fingerprint density at radius 2 is 2.07 bits per heavy atom. The topological polar surface area (TPSA) is 78.8 Å². The van der Waals surface area contributed by atoms with E-state index in [1.165, 1.54) is 5.56 Å². The second-order valence-electron chi connectivity index (χ2n) is 7.12. The zero-order valence-electron chi connectivity index (χ0n) is 16.9. The summed E-state index contributed by atoms with van der Waals surface area (Å²) < 4.78 is 1.82. The van der Waals surface area contributed by atoms with Crippen LogP contribution in [0.2, 0.25) is 0 Å². The number of aromatic amines is 1. The normalized spacial score (nSPS) is 12.0. The molecule has 0 aliphatic heterocycles. The second kappa shape index (κ2) is 8.73. The van der Waals surface area contributed by atoms with E-state index in [1.54, 1.807) is 11.1 Å². The van der Waals surface area contributed by atoms with Crippen molar-refractivity contribution in [2.75, 3.05) is 13.6 Å². The zero-order chi connectivity index (χ0) is 20.1. The van der Waals surface area contributed by atoms with E-state index >= 15 is 0 Å². The van der Waals surface area contributed by atoms with Gasteiger partial charge in [0.1, 0.15) is 0 Å². The molecule has 3 aromatic rings. The van der Waals surface area contributed by atoms with E-state index in [9.17, 15) is 4.79 Å². The second-order valence-corrected chi connectivity index (χ2v) is 7.12. The number of nitrogens with zero attached hydrogens (tertiary/aromatic N) is 4. The van der Waals surface area contributed by atoms with Gasteiger partial charge in [0.25, 0.3) is 0 Å². The third-order valence-electron chi connectivity index (χ3n) is 5.04. The molecular weight excluding hydrogens is 352 g/mol. The molecule has 148 valence electrons. The Labute approximate surface area is 165 Å². The fourth-order valence-corrected chi connectivity index (χ4v) is 3.38. The number of H-pyrrole nitrogens is 1. The van der Waals surface area contributed by atoms with Gasteiger partial charge < -0.3 is 10.2 Å². The van der Waals surface area contributed by atoms with Crippen molar-refractivity contribution < 1.29 is 4.79 Å². The van der Waals surface area contributed by atoms with Crippen molar-refractivity contribution in [2.45, 2.75) is 39.7 Å². The minimum atomic E-state index is -0.131. The molecule has 3 rings (SSSR count). The summed E-state index contributed by atoms with van der Waals surface area (Å²) in [5, 5.41) is 14.6. The van der Waals surface area contributed by atoms with E-state index in [1.807, 2.05) is 69.0 Å². The lowest BCUT2D eigenvalue weighted by molar-refractivity contribution is 0.205. The molecular formula is C21H28N6O. The molecule has 0 fully saturated rings. The first-order valence-corrected chi connectivity index (χ1v) is 9.58. The molecule has 0 aliphatic rings. The number of nitrogens with one attached hydrogen (secondary N) is 2. The number of urea groups is 1. The SMILES string of the molecule is Cc1n[nH]c(C)c1CCCN(C)C(=O)N[C@@H](C)c1ccccc1-n1cccn1. The van der Waals surface area contributed by atoms with Crippen LogP contribution in [0.5, 0.6) is 0 Å². The Hall–Kier alpha value is -3.09. The standard InChI is InChI=1S/C21H28N6O/c1-15(19-9-5-6-11-20(19)27-14-8-12-22-27)23-21(28)26(4)13-7-10-18-16(2)24-25-17(18)3/h5-6,8-9,11-12,14-15H,7,10,13H2,1-4H3,(H,23,28)(H,24,25)/t15-/m0/s1. The van der Waals surface area contributed by atoms with Crippen LogP contribution in [0.25, 0.3) is 5.69 Å². The highest BCUT2D eigenvalue weighted by atomic mass is 16.2. The number of hydrogen-bond donors (Lipinski definition) is 2. The van der Waals surface area contributed by atoms with Crippen molar-refractivity contribution >= 4 is 6.03 Å². The summed E-state index contributed by atoms with van der Waals surface area (Å²) in [6.45, 7) is 6.72. The molecule has 0 unspecified atom stereocenters. The van der Waals surface area contributed by atoms with Gasteiger partial charge in [0, 0.05) is 31.7 Å². The minimum Gasteiger partial charge on any atom is -0.331 e. The third kappa shape index (κ3) is 4.42. The number of para-hydroxylation sites is 1. The maximum atomic E-state index is 12.6. The van der Waals surface area contributed by atoms with Gasteiger partial charge in [-0.1, -0.05) is 18.2 Å². The number of benzene rings is 1. The average Bonchev–Trinajstić information content (AvgIpc) is 3.33. The van der Waals surface area contributed by atoms with Crippen LogP contribution in [0, 0.1) is 13.8 Å². The van der Waals surface area contributed by atoms with Gasteiger partial charge in [-0.05, 0) is 56.9 Å². The summed E-state index contributed by atoms with van der Waals surface area (Å²) in [5.41, 5.74) is 5.38. The highest BCUT2D eigenvalue weighted by Gasteiger charge is 2.17. The molecule has 28 heavy (non-hydrogen) atoms. The van der Waals surface area contributed by atoms with Crippen molar-refractivity contribution in [3.63, 3.8) is 0 Å². The summed E-state index contributed by atoms with van der Waals surface area (Å²) in [4.78, 5) is 14.4. The van der Waals surface area contributed by atoms with Gasteiger partial charge in [-0.15, -0.1) is 0 Å². The lowest BCUT2D eigenvalue weighted by Crippen LogP contribution is -2.39. The van der Waals surface area contributed by atoms with Crippen LogP contribution >= 0.6 is 0 Å². The molecule has 7 heteroatoms. The molecule has 0 aliphatic carbocycles. The number of carbonyl (C=O) groups is 1. The Morgan fingerprint density at radius 3 is 2.75 bits per heavy atom. The number of rotatable bonds is 7. The largest absolute Gasteiger partial charge is 0.331 e. The number of carbonyl (C=O) groups excluding carboxylic acids is 1. The molecule has 2 amide bonds. The van der Waals surface area contributed by atoms with Crippen LogP contribution in [-0.4, -0.2) is 44.5 Å². The molecule has 2 N–H and O–H groups in total. The predicted octanol–water partition coefficient (Wildman–Crippen LogP) is 3.55. The van der Waals surface area contributed by atoms with Crippen LogP contribution in [0.3, 0.4) is 0 Å². The number of aryl methyl sites for hydroxylation is 2. The van der Waals surface area contributed by atoms with Crippen molar-refractivity contribution in [2.24, 2.45) is 0 Å². The lowest BCUT2D eigenvalue weighted by Gasteiger charge is -2.23. The van der Waals surface area contributed by atoms with Gasteiger partial charge in [-0.3, -0.25) is 5.10 Å². The van der Waals surface area contributed by atoms with Gasteiger partial charge >= 0.3 is 6.03 Å². The summed E-state index contributed by atoms with van der Waals surface area (Å²) in [7, 11) is 1.83. The molecule has 2 aromatic heterocycles. The van der Waals surface area contributed by atoms with Crippen LogP contribution in [0.1, 0.15) is 41.9 Å². The Balaban J connectivity index is 1.57. The minimum absolute atomic E-state index is 0.0802. The molecule has 2 heterocycles. The van der Waals surface area contributed by atoms with Crippen LogP contribution < -0.4 is 5.32 Å². The molecule has 1 aromatic carbocycles. The summed E-state index contributed by atoms with van der Waals surface area (Å²) in [5.74, 6) is 0. The molecule has 0 radical (unpaired) electrons. The van der Waals surface area contributed by atoms with Crippen LogP contribution in [-0.2, 0) is 6.42 Å². The number of aromatic nitrogens is 4. The quantitative estimate of drug-likeness (QED) is 0.658. The summed E-state index contributed by atoms with van der Waals surface area (Å²) >= 11 is 0. The highest BCUT2D eigenvalue weighted by Crippen LogP contribution is 2.21. The Kier molecular flexibility index (Phi) is 6.13. The van der Waals surface area contributed by atoms with Crippen molar-refractivity contribution in [3.8, 4) is 5.69 Å². The fourth-order valence-electron chi connectivity index (χ4n) is 3.38. The monoisotopic (exact) mass is 380 g/mol. The van der Waals surface area contributed by atoms with E-state index in [0.29, 0.717) is 6.54 Å². The molecule has 1 atom stereocenters. The van der Waals surface area contributed by atoms with Crippen LogP contribution in [0.15, 0.2) is 42.7 Å². The summed E-state index contributed by atoms with van der Waals surface area (Å²) in [6.07, 6.45) is 5.45. The van der Waals surface area contributed by atoms with Gasteiger partial charge in [0.15, 0.2) is 0 Å².